The van der Waals surface area contributed by atoms with Crippen molar-refractivity contribution >= 4 is 40.1 Å². The molecule has 0 unspecified atom stereocenters. The van der Waals surface area contributed by atoms with Gasteiger partial charge in [0, 0.05) is 44.2 Å². The molecule has 1 fully saturated rings. The van der Waals surface area contributed by atoms with Gasteiger partial charge in [-0.1, -0.05) is 29.3 Å². The van der Waals surface area contributed by atoms with E-state index < -0.39 is 5.63 Å². The van der Waals surface area contributed by atoms with Crippen LogP contribution in [0, 0.1) is 0 Å². The molecule has 6 nitrogen and oxygen atoms in total. The summed E-state index contributed by atoms with van der Waals surface area (Å²) >= 11 is 12.1. The molecule has 30 heavy (non-hydrogen) atoms. The second-order valence-corrected chi connectivity index (χ2v) is 7.98. The molecule has 2 aromatic carbocycles. The number of nitrogens with zero attached hydrogens (tertiary/aromatic N) is 2. The third-order valence-corrected chi connectivity index (χ3v) is 5.96. The van der Waals surface area contributed by atoms with Gasteiger partial charge in [0.25, 0.3) is 5.91 Å². The highest BCUT2D eigenvalue weighted by atomic mass is 35.5. The maximum absolute atomic E-state index is 12.9. The molecule has 4 rings (SSSR count). The minimum atomic E-state index is -0.640. The molecule has 0 N–H and O–H groups in total. The molecule has 0 aliphatic carbocycles. The monoisotopic (exact) mass is 446 g/mol. The molecule has 156 valence electrons. The van der Waals surface area contributed by atoms with E-state index in [1.807, 2.05) is 12.1 Å². The van der Waals surface area contributed by atoms with Gasteiger partial charge >= 0.3 is 5.63 Å². The van der Waals surface area contributed by atoms with Crippen LogP contribution in [0.5, 0.6) is 5.75 Å². The van der Waals surface area contributed by atoms with E-state index in [9.17, 15) is 9.59 Å². The molecule has 0 spiro atoms. The lowest BCUT2D eigenvalue weighted by molar-refractivity contribution is 0.0624. The second-order valence-electron chi connectivity index (χ2n) is 7.17. The summed E-state index contributed by atoms with van der Waals surface area (Å²) in [6.07, 6.45) is 0. The van der Waals surface area contributed by atoms with Gasteiger partial charge in [-0.25, -0.2) is 4.79 Å². The van der Waals surface area contributed by atoms with Gasteiger partial charge in [0.1, 0.15) is 16.9 Å². The fraction of sp³-hybridized carbons (Fsp3) is 0.273. The maximum Gasteiger partial charge on any atom is 0.349 e. The van der Waals surface area contributed by atoms with Gasteiger partial charge in [0.15, 0.2) is 0 Å². The number of rotatable bonds is 4. The third kappa shape index (κ3) is 4.31. The Bertz CT molecular complexity index is 1150. The van der Waals surface area contributed by atoms with Crippen molar-refractivity contribution in [1.29, 1.82) is 0 Å². The number of ether oxygens (including phenoxy) is 1. The first-order chi connectivity index (χ1) is 14.4. The quantitative estimate of drug-likeness (QED) is 0.565. The molecule has 1 amide bonds. The number of piperazine rings is 1. The van der Waals surface area contributed by atoms with Gasteiger partial charge < -0.3 is 14.1 Å². The average Bonchev–Trinajstić information content (AvgIpc) is 2.75. The highest BCUT2D eigenvalue weighted by Gasteiger charge is 2.25. The Morgan fingerprint density at radius 2 is 1.80 bits per heavy atom. The van der Waals surface area contributed by atoms with Crippen LogP contribution in [0.4, 0.5) is 0 Å². The van der Waals surface area contributed by atoms with E-state index in [0.717, 1.165) is 12.1 Å². The fourth-order valence-corrected chi connectivity index (χ4v) is 3.86. The number of benzene rings is 2. The van der Waals surface area contributed by atoms with Crippen LogP contribution in [0.15, 0.2) is 51.7 Å². The highest BCUT2D eigenvalue weighted by Crippen LogP contribution is 2.24. The van der Waals surface area contributed by atoms with E-state index in [2.05, 4.69) is 4.90 Å². The normalized spacial score (nSPS) is 14.8. The molecular formula is C22H20Cl2N2O4. The standard InChI is InChI=1S/C22H20Cl2N2O4/c1-29-16-4-3-15-11-17(22(28)30-20(15)12-16)21(27)26-8-6-25(7-9-26)13-14-2-5-18(23)19(24)10-14/h2-5,10-12H,6-9,13H2,1H3. The smallest absolute Gasteiger partial charge is 0.349 e. The number of halogens is 2. The molecule has 0 radical (unpaired) electrons. The molecular weight excluding hydrogens is 427 g/mol. The molecule has 1 aliphatic heterocycles. The summed E-state index contributed by atoms with van der Waals surface area (Å²) < 4.78 is 10.5. The number of hydrogen-bond acceptors (Lipinski definition) is 5. The zero-order valence-corrected chi connectivity index (χ0v) is 17.9. The first kappa shape index (κ1) is 20.7. The Balaban J connectivity index is 1.44. The lowest BCUT2D eigenvalue weighted by atomic mass is 10.1. The Labute approximate surface area is 183 Å². The number of hydrogen-bond donors (Lipinski definition) is 0. The molecule has 3 aromatic rings. The summed E-state index contributed by atoms with van der Waals surface area (Å²) in [6.45, 7) is 3.17. The van der Waals surface area contributed by atoms with E-state index in [0.29, 0.717) is 52.9 Å². The van der Waals surface area contributed by atoms with Gasteiger partial charge in [0.2, 0.25) is 0 Å². The summed E-state index contributed by atoms with van der Waals surface area (Å²) in [6, 6.07) is 12.3. The summed E-state index contributed by atoms with van der Waals surface area (Å²) in [5.74, 6) is 0.276. The van der Waals surface area contributed by atoms with Crippen LogP contribution in [0.25, 0.3) is 11.0 Å². The lowest BCUT2D eigenvalue weighted by Crippen LogP contribution is -2.49. The zero-order chi connectivity index (χ0) is 21.3. The van der Waals surface area contributed by atoms with Crippen molar-refractivity contribution in [3.63, 3.8) is 0 Å². The van der Waals surface area contributed by atoms with Crippen molar-refractivity contribution in [3.05, 3.63) is 74.1 Å². The van der Waals surface area contributed by atoms with E-state index in [4.69, 9.17) is 32.4 Å². The van der Waals surface area contributed by atoms with Gasteiger partial charge in [-0.3, -0.25) is 9.69 Å². The molecule has 0 bridgehead atoms. The number of carbonyl (C=O) groups excluding carboxylic acids is 1. The van der Waals surface area contributed by atoms with Crippen molar-refractivity contribution in [2.45, 2.75) is 6.54 Å². The number of amides is 1. The minimum absolute atomic E-state index is 0.0469. The minimum Gasteiger partial charge on any atom is -0.497 e. The Hall–Kier alpha value is -2.54. The molecule has 2 heterocycles. The van der Waals surface area contributed by atoms with Gasteiger partial charge in [-0.05, 0) is 35.9 Å². The average molecular weight is 447 g/mol. The summed E-state index contributed by atoms with van der Waals surface area (Å²) in [5.41, 5.74) is 0.863. The van der Waals surface area contributed by atoms with Gasteiger partial charge in [-0.15, -0.1) is 0 Å². The molecule has 0 saturated carbocycles. The first-order valence-corrected chi connectivity index (χ1v) is 10.3. The second kappa shape index (κ2) is 8.68. The van der Waals surface area contributed by atoms with E-state index in [1.54, 1.807) is 42.3 Å². The zero-order valence-electron chi connectivity index (χ0n) is 16.4. The Morgan fingerprint density at radius 3 is 2.50 bits per heavy atom. The summed E-state index contributed by atoms with van der Waals surface area (Å²) in [7, 11) is 1.54. The molecule has 1 aromatic heterocycles. The fourth-order valence-electron chi connectivity index (χ4n) is 3.54. The number of fused-ring (bicyclic) bond motifs is 1. The van der Waals surface area contributed by atoms with Crippen molar-refractivity contribution in [3.8, 4) is 5.75 Å². The molecule has 0 atom stereocenters. The van der Waals surface area contributed by atoms with Crippen LogP contribution in [-0.2, 0) is 6.54 Å². The van der Waals surface area contributed by atoms with E-state index >= 15 is 0 Å². The molecule has 8 heteroatoms. The topological polar surface area (TPSA) is 63.0 Å². The predicted octanol–water partition coefficient (Wildman–Crippen LogP) is 4.07. The van der Waals surface area contributed by atoms with Crippen molar-refractivity contribution in [1.82, 2.24) is 9.80 Å². The first-order valence-electron chi connectivity index (χ1n) is 9.52. The lowest BCUT2D eigenvalue weighted by Gasteiger charge is -2.34. The van der Waals surface area contributed by atoms with Gasteiger partial charge in [-0.2, -0.15) is 0 Å². The number of carbonyl (C=O) groups is 1. The van der Waals surface area contributed by atoms with Gasteiger partial charge in [0.05, 0.1) is 17.2 Å². The Morgan fingerprint density at radius 1 is 1.03 bits per heavy atom. The SMILES string of the molecule is COc1ccc2cc(C(=O)N3CCN(Cc4ccc(Cl)c(Cl)c4)CC3)c(=O)oc2c1. The molecule has 1 aliphatic rings. The maximum atomic E-state index is 12.9. The van der Waals surface area contributed by atoms with E-state index in [1.165, 1.54) is 0 Å². The van der Waals surface area contributed by atoms with Crippen LogP contribution >= 0.6 is 23.2 Å². The summed E-state index contributed by atoms with van der Waals surface area (Å²) in [5, 5.41) is 1.74. The third-order valence-electron chi connectivity index (χ3n) is 5.22. The highest BCUT2D eigenvalue weighted by molar-refractivity contribution is 6.42. The van der Waals surface area contributed by atoms with Crippen LogP contribution in [0.3, 0.4) is 0 Å². The van der Waals surface area contributed by atoms with Crippen LogP contribution in [0.2, 0.25) is 10.0 Å². The molecule has 1 saturated heterocycles. The largest absolute Gasteiger partial charge is 0.497 e. The Kier molecular flexibility index (Phi) is 5.99. The number of methoxy groups -OCH3 is 1. The van der Waals surface area contributed by atoms with Crippen LogP contribution in [0.1, 0.15) is 15.9 Å². The van der Waals surface area contributed by atoms with Crippen molar-refractivity contribution < 1.29 is 13.9 Å². The van der Waals surface area contributed by atoms with E-state index in [-0.39, 0.29) is 11.5 Å². The predicted molar refractivity (Wildman–Crippen MR) is 117 cm³/mol. The van der Waals surface area contributed by atoms with Crippen LogP contribution in [-0.4, -0.2) is 49.0 Å². The van der Waals surface area contributed by atoms with Crippen molar-refractivity contribution in [2.75, 3.05) is 33.3 Å². The summed E-state index contributed by atoms with van der Waals surface area (Å²) in [4.78, 5) is 29.2. The van der Waals surface area contributed by atoms with Crippen molar-refractivity contribution in [2.24, 2.45) is 0 Å². The van der Waals surface area contributed by atoms with Crippen LogP contribution < -0.4 is 10.4 Å².